The SMILES string of the molecule is CCCCCC(=O)Nc1ccc(C(=O)COC(=O)c2ccc(F)cc2)cc1. The molecule has 0 atom stereocenters. The minimum Gasteiger partial charge on any atom is -0.454 e. The molecule has 0 aliphatic heterocycles. The fourth-order valence-electron chi connectivity index (χ4n) is 2.38. The predicted octanol–water partition coefficient (Wildman–Crippen LogP) is 4.38. The van der Waals surface area contributed by atoms with Crippen LogP contribution in [0.5, 0.6) is 0 Å². The Morgan fingerprint density at radius 3 is 2.19 bits per heavy atom. The van der Waals surface area contributed by atoms with Gasteiger partial charge in [-0.2, -0.15) is 0 Å². The quantitative estimate of drug-likeness (QED) is 0.403. The smallest absolute Gasteiger partial charge is 0.338 e. The van der Waals surface area contributed by atoms with E-state index in [9.17, 15) is 18.8 Å². The first-order valence-electron chi connectivity index (χ1n) is 8.85. The van der Waals surface area contributed by atoms with E-state index in [1.807, 2.05) is 0 Å². The van der Waals surface area contributed by atoms with E-state index in [1.165, 1.54) is 12.1 Å². The van der Waals surface area contributed by atoms with Gasteiger partial charge in [-0.15, -0.1) is 0 Å². The molecule has 2 aromatic rings. The molecule has 0 fully saturated rings. The topological polar surface area (TPSA) is 72.5 Å². The van der Waals surface area contributed by atoms with Gasteiger partial charge in [0.05, 0.1) is 5.56 Å². The van der Waals surface area contributed by atoms with Crippen LogP contribution in [0, 0.1) is 5.82 Å². The zero-order valence-corrected chi connectivity index (χ0v) is 15.2. The number of ketones is 1. The van der Waals surface area contributed by atoms with E-state index < -0.39 is 18.4 Å². The molecule has 0 spiro atoms. The van der Waals surface area contributed by atoms with E-state index in [2.05, 4.69) is 12.2 Å². The van der Waals surface area contributed by atoms with Gasteiger partial charge in [0.1, 0.15) is 5.82 Å². The zero-order valence-electron chi connectivity index (χ0n) is 15.2. The zero-order chi connectivity index (χ0) is 19.6. The van der Waals surface area contributed by atoms with Crippen molar-refractivity contribution in [2.24, 2.45) is 0 Å². The second-order valence-corrected chi connectivity index (χ2v) is 6.09. The Kier molecular flexibility index (Phi) is 7.67. The summed E-state index contributed by atoms with van der Waals surface area (Å²) in [5, 5.41) is 2.78. The molecule has 0 saturated heterocycles. The van der Waals surface area contributed by atoms with Gasteiger partial charge in [0.25, 0.3) is 0 Å². The molecule has 1 amide bonds. The van der Waals surface area contributed by atoms with Gasteiger partial charge in [0, 0.05) is 17.7 Å². The summed E-state index contributed by atoms with van der Waals surface area (Å²) in [6, 6.07) is 11.3. The fourth-order valence-corrected chi connectivity index (χ4v) is 2.38. The highest BCUT2D eigenvalue weighted by atomic mass is 19.1. The van der Waals surface area contributed by atoms with Crippen molar-refractivity contribution in [2.45, 2.75) is 32.6 Å². The lowest BCUT2D eigenvalue weighted by Gasteiger charge is -2.07. The van der Waals surface area contributed by atoms with E-state index in [0.29, 0.717) is 17.7 Å². The fraction of sp³-hybridized carbons (Fsp3) is 0.286. The largest absolute Gasteiger partial charge is 0.454 e. The van der Waals surface area contributed by atoms with Crippen LogP contribution >= 0.6 is 0 Å². The van der Waals surface area contributed by atoms with Crippen LogP contribution in [-0.4, -0.2) is 24.3 Å². The average molecular weight is 371 g/mol. The molecule has 0 aliphatic rings. The second-order valence-electron chi connectivity index (χ2n) is 6.09. The van der Waals surface area contributed by atoms with Crippen molar-refractivity contribution in [3.05, 3.63) is 65.5 Å². The van der Waals surface area contributed by atoms with E-state index in [0.717, 1.165) is 31.4 Å². The van der Waals surface area contributed by atoms with Gasteiger partial charge >= 0.3 is 5.97 Å². The Morgan fingerprint density at radius 1 is 0.926 bits per heavy atom. The Morgan fingerprint density at radius 2 is 1.56 bits per heavy atom. The Bertz CT molecular complexity index is 785. The van der Waals surface area contributed by atoms with Gasteiger partial charge in [0.15, 0.2) is 12.4 Å². The van der Waals surface area contributed by atoms with Gasteiger partial charge in [-0.05, 0) is 55.0 Å². The summed E-state index contributed by atoms with van der Waals surface area (Å²) in [5.74, 6) is -1.58. The van der Waals surface area contributed by atoms with Crippen LogP contribution in [0.4, 0.5) is 10.1 Å². The Labute approximate surface area is 157 Å². The number of benzene rings is 2. The first-order chi connectivity index (χ1) is 13.0. The summed E-state index contributed by atoms with van der Waals surface area (Å²) in [6.07, 6.45) is 3.37. The van der Waals surface area contributed by atoms with Crippen molar-refractivity contribution in [3.63, 3.8) is 0 Å². The number of hydrogen-bond acceptors (Lipinski definition) is 4. The molecule has 2 aromatic carbocycles. The summed E-state index contributed by atoms with van der Waals surface area (Å²) in [5.41, 5.74) is 1.15. The molecule has 0 heterocycles. The van der Waals surface area contributed by atoms with Crippen molar-refractivity contribution in [3.8, 4) is 0 Å². The van der Waals surface area contributed by atoms with Crippen LogP contribution in [0.1, 0.15) is 53.3 Å². The molecule has 142 valence electrons. The van der Waals surface area contributed by atoms with E-state index in [4.69, 9.17) is 4.74 Å². The van der Waals surface area contributed by atoms with Crippen molar-refractivity contribution in [1.82, 2.24) is 0 Å². The number of carbonyl (C=O) groups excluding carboxylic acids is 3. The number of anilines is 1. The molecule has 6 heteroatoms. The summed E-state index contributed by atoms with van der Waals surface area (Å²) in [7, 11) is 0. The van der Waals surface area contributed by atoms with E-state index in [1.54, 1.807) is 24.3 Å². The molecule has 0 aromatic heterocycles. The van der Waals surface area contributed by atoms with Crippen LogP contribution < -0.4 is 5.32 Å². The number of esters is 1. The third-order valence-corrected chi connectivity index (χ3v) is 3.91. The van der Waals surface area contributed by atoms with Gasteiger partial charge in [0.2, 0.25) is 5.91 Å². The number of unbranched alkanes of at least 4 members (excludes halogenated alkanes) is 2. The van der Waals surface area contributed by atoms with Crippen molar-refractivity contribution in [2.75, 3.05) is 11.9 Å². The highest BCUT2D eigenvalue weighted by molar-refractivity contribution is 6.00. The maximum Gasteiger partial charge on any atom is 0.338 e. The van der Waals surface area contributed by atoms with Crippen LogP contribution in [0.3, 0.4) is 0 Å². The minimum absolute atomic E-state index is 0.0595. The third kappa shape index (κ3) is 6.66. The summed E-state index contributed by atoms with van der Waals surface area (Å²) < 4.78 is 17.8. The first kappa shape index (κ1) is 20.3. The maximum atomic E-state index is 12.8. The van der Waals surface area contributed by atoms with E-state index >= 15 is 0 Å². The van der Waals surface area contributed by atoms with Crippen molar-refractivity contribution < 1.29 is 23.5 Å². The van der Waals surface area contributed by atoms with Crippen molar-refractivity contribution in [1.29, 1.82) is 0 Å². The standard InChI is InChI=1S/C21H22FNO4/c1-2-3-4-5-20(25)23-18-12-8-15(9-13-18)19(24)14-27-21(26)16-6-10-17(22)11-7-16/h6-13H,2-5,14H2,1H3,(H,23,25). The van der Waals surface area contributed by atoms with Crippen LogP contribution in [-0.2, 0) is 9.53 Å². The number of halogens is 1. The number of nitrogens with one attached hydrogen (secondary N) is 1. The Balaban J connectivity index is 1.83. The number of rotatable bonds is 9. The highest BCUT2D eigenvalue weighted by Crippen LogP contribution is 2.12. The number of amides is 1. The molecular weight excluding hydrogens is 349 g/mol. The predicted molar refractivity (Wildman–Crippen MR) is 100 cm³/mol. The molecule has 0 aliphatic carbocycles. The maximum absolute atomic E-state index is 12.8. The molecule has 5 nitrogen and oxygen atoms in total. The number of carbonyl (C=O) groups is 3. The molecule has 0 saturated carbocycles. The molecule has 0 unspecified atom stereocenters. The minimum atomic E-state index is -0.695. The Hall–Kier alpha value is -3.02. The first-order valence-corrected chi connectivity index (χ1v) is 8.85. The molecule has 0 bridgehead atoms. The lowest BCUT2D eigenvalue weighted by Crippen LogP contribution is -2.15. The second kappa shape index (κ2) is 10.2. The number of Topliss-reactive ketones (excluding diaryl/α,β-unsaturated/α-hetero) is 1. The number of hydrogen-bond donors (Lipinski definition) is 1. The molecule has 1 N–H and O–H groups in total. The lowest BCUT2D eigenvalue weighted by atomic mass is 10.1. The van der Waals surface area contributed by atoms with Gasteiger partial charge < -0.3 is 10.1 Å². The normalized spacial score (nSPS) is 10.3. The van der Waals surface area contributed by atoms with Crippen LogP contribution in [0.2, 0.25) is 0 Å². The molecular formula is C21H22FNO4. The van der Waals surface area contributed by atoms with Gasteiger partial charge in [-0.25, -0.2) is 9.18 Å². The van der Waals surface area contributed by atoms with Crippen molar-refractivity contribution >= 4 is 23.3 Å². The summed E-state index contributed by atoms with van der Waals surface area (Å²) in [4.78, 5) is 35.7. The average Bonchev–Trinajstić information content (AvgIpc) is 2.67. The summed E-state index contributed by atoms with van der Waals surface area (Å²) in [6.45, 7) is 1.66. The molecule has 2 rings (SSSR count). The molecule has 0 radical (unpaired) electrons. The highest BCUT2D eigenvalue weighted by Gasteiger charge is 2.12. The third-order valence-electron chi connectivity index (χ3n) is 3.91. The van der Waals surface area contributed by atoms with Crippen LogP contribution in [0.25, 0.3) is 0 Å². The van der Waals surface area contributed by atoms with E-state index in [-0.39, 0.29) is 17.3 Å². The van der Waals surface area contributed by atoms with Gasteiger partial charge in [-0.1, -0.05) is 19.8 Å². The number of ether oxygens (including phenoxy) is 1. The van der Waals surface area contributed by atoms with Gasteiger partial charge in [-0.3, -0.25) is 9.59 Å². The lowest BCUT2D eigenvalue weighted by molar-refractivity contribution is -0.116. The monoisotopic (exact) mass is 371 g/mol. The molecule has 27 heavy (non-hydrogen) atoms. The summed E-state index contributed by atoms with van der Waals surface area (Å²) >= 11 is 0. The van der Waals surface area contributed by atoms with Crippen LogP contribution in [0.15, 0.2) is 48.5 Å².